The predicted octanol–water partition coefficient (Wildman–Crippen LogP) is 3.81. The van der Waals surface area contributed by atoms with E-state index in [4.69, 9.17) is 0 Å². The van der Waals surface area contributed by atoms with Crippen molar-refractivity contribution in [1.82, 2.24) is 9.71 Å². The number of carbonyl (C=O) groups excluding carboxylic acids is 2. The predicted molar refractivity (Wildman–Crippen MR) is 116 cm³/mol. The van der Waals surface area contributed by atoms with Gasteiger partial charge in [-0.25, -0.2) is 13.1 Å². The fourth-order valence-corrected chi connectivity index (χ4v) is 4.98. The van der Waals surface area contributed by atoms with Gasteiger partial charge in [-0.15, -0.1) is 0 Å². The summed E-state index contributed by atoms with van der Waals surface area (Å²) in [5.74, 6) is -0.360. The number of aromatic nitrogens is 1. The lowest BCUT2D eigenvalue weighted by molar-refractivity contribution is 0.0910. The minimum absolute atomic E-state index is 0.0419. The summed E-state index contributed by atoms with van der Waals surface area (Å²) in [6, 6.07) is 6.14. The molecule has 1 amide bonds. The molecular formula is C22H29N3O4S. The van der Waals surface area contributed by atoms with Crippen LogP contribution >= 0.6 is 0 Å². The fraction of sp³-hybridized carbons (Fsp3) is 0.455. The number of carbonyl (C=O) groups is 2. The van der Waals surface area contributed by atoms with Crippen LogP contribution < -0.4 is 10.0 Å². The molecule has 0 bridgehead atoms. The van der Waals surface area contributed by atoms with Gasteiger partial charge in [-0.05, 0) is 48.9 Å². The second-order valence-electron chi connectivity index (χ2n) is 8.65. The first-order valence-electron chi connectivity index (χ1n) is 10.2. The van der Waals surface area contributed by atoms with Crippen molar-refractivity contribution in [2.45, 2.75) is 58.3 Å². The number of unbranched alkanes of at least 4 members (excludes halogenated alkanes) is 1. The number of H-pyrrole nitrogens is 1. The van der Waals surface area contributed by atoms with E-state index in [9.17, 15) is 18.0 Å². The Morgan fingerprint density at radius 3 is 2.67 bits per heavy atom. The Morgan fingerprint density at radius 2 is 1.97 bits per heavy atom. The molecule has 3 N–H and O–H groups in total. The summed E-state index contributed by atoms with van der Waals surface area (Å²) < 4.78 is 27.4. The molecule has 2 aromatic rings. The molecule has 0 aliphatic heterocycles. The Balaban J connectivity index is 1.82. The number of fused-ring (bicyclic) bond motifs is 1. The van der Waals surface area contributed by atoms with Crippen LogP contribution in [0.5, 0.6) is 0 Å². The molecule has 1 aromatic carbocycles. The number of hydrogen-bond acceptors (Lipinski definition) is 4. The van der Waals surface area contributed by atoms with Gasteiger partial charge < -0.3 is 10.3 Å². The molecule has 1 heterocycles. The van der Waals surface area contributed by atoms with Crippen molar-refractivity contribution in [2.24, 2.45) is 5.41 Å². The molecule has 0 atom stereocenters. The first-order valence-corrected chi connectivity index (χ1v) is 11.7. The van der Waals surface area contributed by atoms with Gasteiger partial charge in [0.2, 0.25) is 10.0 Å². The Hall–Kier alpha value is -2.45. The van der Waals surface area contributed by atoms with Crippen molar-refractivity contribution in [3.05, 3.63) is 46.8 Å². The molecule has 0 radical (unpaired) electrons. The SMILES string of the molecule is CCCCNS(=O)(=O)c1cccc(NC(=O)c2[nH]c3c(c2C)C(=O)CC(C)(C)C3)c1. The van der Waals surface area contributed by atoms with Crippen molar-refractivity contribution in [3.63, 3.8) is 0 Å². The highest BCUT2D eigenvalue weighted by molar-refractivity contribution is 7.89. The summed E-state index contributed by atoms with van der Waals surface area (Å²) >= 11 is 0. The third-order valence-corrected chi connectivity index (χ3v) is 6.81. The highest BCUT2D eigenvalue weighted by Crippen LogP contribution is 2.36. The van der Waals surface area contributed by atoms with E-state index in [1.807, 2.05) is 20.8 Å². The van der Waals surface area contributed by atoms with Crippen molar-refractivity contribution in [3.8, 4) is 0 Å². The molecule has 0 saturated carbocycles. The van der Waals surface area contributed by atoms with Crippen LogP contribution in [0.3, 0.4) is 0 Å². The van der Waals surface area contributed by atoms with Crippen LogP contribution in [0.15, 0.2) is 29.2 Å². The summed E-state index contributed by atoms with van der Waals surface area (Å²) in [6.07, 6.45) is 2.78. The zero-order valence-corrected chi connectivity index (χ0v) is 18.7. The van der Waals surface area contributed by atoms with E-state index in [1.54, 1.807) is 19.1 Å². The average molecular weight is 432 g/mol. The molecule has 0 fully saturated rings. The highest BCUT2D eigenvalue weighted by Gasteiger charge is 2.35. The molecule has 0 unspecified atom stereocenters. The van der Waals surface area contributed by atoms with E-state index in [1.165, 1.54) is 12.1 Å². The van der Waals surface area contributed by atoms with Gasteiger partial charge in [-0.2, -0.15) is 0 Å². The van der Waals surface area contributed by atoms with E-state index in [0.717, 1.165) is 18.5 Å². The second-order valence-corrected chi connectivity index (χ2v) is 10.4. The lowest BCUT2D eigenvalue weighted by atomic mass is 9.75. The topological polar surface area (TPSA) is 108 Å². The first kappa shape index (κ1) is 22.2. The van der Waals surface area contributed by atoms with Gasteiger partial charge >= 0.3 is 0 Å². The molecule has 0 spiro atoms. The monoisotopic (exact) mass is 431 g/mol. The second kappa shape index (κ2) is 8.35. The summed E-state index contributed by atoms with van der Waals surface area (Å²) in [5.41, 5.74) is 2.58. The van der Waals surface area contributed by atoms with Crippen LogP contribution in [0.2, 0.25) is 0 Å². The lowest BCUT2D eigenvalue weighted by Gasteiger charge is -2.28. The van der Waals surface area contributed by atoms with Crippen LogP contribution in [-0.2, 0) is 16.4 Å². The Labute approximate surface area is 177 Å². The molecule has 1 aliphatic rings. The van der Waals surface area contributed by atoms with Crippen LogP contribution in [0.25, 0.3) is 0 Å². The maximum atomic E-state index is 12.9. The first-order chi connectivity index (χ1) is 14.0. The van der Waals surface area contributed by atoms with E-state index in [-0.39, 0.29) is 16.1 Å². The maximum absolute atomic E-state index is 12.9. The smallest absolute Gasteiger partial charge is 0.272 e. The van der Waals surface area contributed by atoms with Crippen molar-refractivity contribution in [1.29, 1.82) is 0 Å². The zero-order valence-electron chi connectivity index (χ0n) is 17.9. The number of anilines is 1. The zero-order chi connectivity index (χ0) is 22.1. The normalized spacial score (nSPS) is 15.7. The van der Waals surface area contributed by atoms with Crippen molar-refractivity contribution >= 4 is 27.4 Å². The van der Waals surface area contributed by atoms with Crippen LogP contribution in [0.4, 0.5) is 5.69 Å². The summed E-state index contributed by atoms with van der Waals surface area (Å²) in [4.78, 5) is 28.6. The summed E-state index contributed by atoms with van der Waals surface area (Å²) in [6.45, 7) is 8.18. The number of ketones is 1. The van der Waals surface area contributed by atoms with Gasteiger partial charge in [0.05, 0.1) is 4.90 Å². The molecule has 162 valence electrons. The molecule has 0 saturated heterocycles. The summed E-state index contributed by atoms with van der Waals surface area (Å²) in [7, 11) is -3.64. The number of nitrogens with one attached hydrogen (secondary N) is 3. The van der Waals surface area contributed by atoms with Crippen molar-refractivity contribution in [2.75, 3.05) is 11.9 Å². The molecular weight excluding hydrogens is 402 g/mol. The van der Waals surface area contributed by atoms with Gasteiger partial charge in [0.1, 0.15) is 5.69 Å². The molecule has 8 heteroatoms. The van der Waals surface area contributed by atoms with Gasteiger partial charge in [-0.1, -0.05) is 33.3 Å². The third kappa shape index (κ3) is 4.65. The number of benzene rings is 1. The van der Waals surface area contributed by atoms with Gasteiger partial charge in [0.25, 0.3) is 5.91 Å². The molecule has 1 aliphatic carbocycles. The molecule has 1 aromatic heterocycles. The van der Waals surface area contributed by atoms with Crippen LogP contribution in [-0.4, -0.2) is 31.6 Å². The van der Waals surface area contributed by atoms with Gasteiger partial charge in [0, 0.05) is 29.9 Å². The number of amides is 1. The van der Waals surface area contributed by atoms with E-state index >= 15 is 0 Å². The fourth-order valence-electron chi connectivity index (χ4n) is 3.86. The number of Topliss-reactive ketones (excluding diaryl/α,β-unsaturated/α-hetero) is 1. The average Bonchev–Trinajstić information content (AvgIpc) is 2.97. The van der Waals surface area contributed by atoms with Gasteiger partial charge in [-0.3, -0.25) is 9.59 Å². The minimum atomic E-state index is -3.64. The maximum Gasteiger partial charge on any atom is 0.272 e. The van der Waals surface area contributed by atoms with Crippen LogP contribution in [0.1, 0.15) is 72.1 Å². The summed E-state index contributed by atoms with van der Waals surface area (Å²) in [5, 5.41) is 2.75. The van der Waals surface area contributed by atoms with Crippen molar-refractivity contribution < 1.29 is 18.0 Å². The van der Waals surface area contributed by atoms with E-state index in [2.05, 4.69) is 15.0 Å². The number of aromatic amines is 1. The van der Waals surface area contributed by atoms with E-state index < -0.39 is 15.9 Å². The Bertz CT molecular complexity index is 1080. The van der Waals surface area contributed by atoms with Crippen LogP contribution in [0, 0.1) is 12.3 Å². The Morgan fingerprint density at radius 1 is 1.23 bits per heavy atom. The minimum Gasteiger partial charge on any atom is -0.354 e. The lowest BCUT2D eigenvalue weighted by Crippen LogP contribution is -2.26. The Kier molecular flexibility index (Phi) is 6.19. The van der Waals surface area contributed by atoms with E-state index in [0.29, 0.717) is 41.9 Å². The molecule has 7 nitrogen and oxygen atoms in total. The number of rotatable bonds is 7. The highest BCUT2D eigenvalue weighted by atomic mass is 32.2. The molecule has 30 heavy (non-hydrogen) atoms. The standard InChI is InChI=1S/C22H29N3O4S/c1-5-6-10-23-30(28,29)16-9-7-8-15(11-16)24-21(27)20-14(2)19-17(25-20)12-22(3,4)13-18(19)26/h7-9,11,23,25H,5-6,10,12-13H2,1-4H3,(H,24,27). The number of hydrogen-bond donors (Lipinski definition) is 3. The third-order valence-electron chi connectivity index (χ3n) is 5.35. The largest absolute Gasteiger partial charge is 0.354 e. The quantitative estimate of drug-likeness (QED) is 0.579. The molecule has 3 rings (SSSR count). The van der Waals surface area contributed by atoms with Gasteiger partial charge in [0.15, 0.2) is 5.78 Å². The number of sulfonamides is 1.